The van der Waals surface area contributed by atoms with E-state index in [2.05, 4.69) is 9.97 Å². The van der Waals surface area contributed by atoms with Crippen molar-refractivity contribution in [3.05, 3.63) is 53.6 Å². The second kappa shape index (κ2) is 13.5. The maximum atomic E-state index is 13.5. The van der Waals surface area contributed by atoms with Crippen molar-refractivity contribution in [2.24, 2.45) is 0 Å². The third-order valence-electron chi connectivity index (χ3n) is 6.66. The standard InChI is InChI=1S/C29H38N2O9S/c1-6-11-38-29-25(39-16-27-30-9-10-31-27)14-20(15-26(29)41(33,34)17-18(2)32)22-8-7-21(40-22)19-12-23(35-3)28(37-5)24(13-19)36-4/h9-10,12-15,18,21-22,32H,6-8,11,16-17H2,1-5H3,(H,30,31). The van der Waals surface area contributed by atoms with Gasteiger partial charge in [0.05, 0.1) is 52.0 Å². The molecule has 1 fully saturated rings. The molecule has 1 aromatic heterocycles. The molecule has 4 rings (SSSR count). The number of imidazole rings is 1. The molecule has 11 nitrogen and oxygen atoms in total. The summed E-state index contributed by atoms with van der Waals surface area (Å²) in [6.45, 7) is 3.73. The van der Waals surface area contributed by atoms with E-state index in [9.17, 15) is 13.5 Å². The van der Waals surface area contributed by atoms with Crippen LogP contribution in [0.2, 0.25) is 0 Å². The van der Waals surface area contributed by atoms with Gasteiger partial charge in [0, 0.05) is 12.4 Å². The fourth-order valence-corrected chi connectivity index (χ4v) is 6.38. The van der Waals surface area contributed by atoms with Crippen LogP contribution in [0, 0.1) is 0 Å². The highest BCUT2D eigenvalue weighted by atomic mass is 32.2. The van der Waals surface area contributed by atoms with E-state index in [1.165, 1.54) is 6.92 Å². The van der Waals surface area contributed by atoms with Gasteiger partial charge in [-0.25, -0.2) is 13.4 Å². The van der Waals surface area contributed by atoms with E-state index in [4.69, 9.17) is 28.4 Å². The van der Waals surface area contributed by atoms with Gasteiger partial charge in [-0.1, -0.05) is 6.92 Å². The van der Waals surface area contributed by atoms with Gasteiger partial charge in [-0.2, -0.15) is 0 Å². The molecule has 1 aliphatic heterocycles. The van der Waals surface area contributed by atoms with Crippen LogP contribution in [0.25, 0.3) is 0 Å². The molecule has 1 aliphatic rings. The molecule has 3 atom stereocenters. The number of hydrogen-bond acceptors (Lipinski definition) is 10. The smallest absolute Gasteiger partial charge is 0.203 e. The molecule has 0 bridgehead atoms. The molecule has 2 aromatic carbocycles. The fourth-order valence-electron chi connectivity index (χ4n) is 4.81. The number of nitrogens with one attached hydrogen (secondary N) is 1. The van der Waals surface area contributed by atoms with Gasteiger partial charge in [-0.05, 0) is 61.6 Å². The van der Waals surface area contributed by atoms with Crippen LogP contribution in [-0.4, -0.2) is 63.3 Å². The van der Waals surface area contributed by atoms with Gasteiger partial charge in [0.1, 0.15) is 17.3 Å². The van der Waals surface area contributed by atoms with E-state index in [1.807, 2.05) is 19.1 Å². The fraction of sp³-hybridized carbons (Fsp3) is 0.483. The minimum atomic E-state index is -3.94. The zero-order valence-electron chi connectivity index (χ0n) is 24.0. The Labute approximate surface area is 240 Å². The maximum absolute atomic E-state index is 13.5. The zero-order chi connectivity index (χ0) is 29.6. The summed E-state index contributed by atoms with van der Waals surface area (Å²) in [7, 11) is 0.720. The van der Waals surface area contributed by atoms with Crippen LogP contribution in [0.3, 0.4) is 0 Å². The van der Waals surface area contributed by atoms with Crippen LogP contribution in [0.1, 0.15) is 62.3 Å². The molecule has 2 N–H and O–H groups in total. The first-order valence-corrected chi connectivity index (χ1v) is 15.1. The molecule has 0 spiro atoms. The number of hydrogen-bond donors (Lipinski definition) is 2. The molecule has 0 radical (unpaired) electrons. The van der Waals surface area contributed by atoms with Crippen molar-refractivity contribution < 1.29 is 41.9 Å². The number of benzene rings is 2. The Bertz CT molecular complexity index is 1380. The number of rotatable bonds is 14. The van der Waals surface area contributed by atoms with E-state index < -0.39 is 27.8 Å². The van der Waals surface area contributed by atoms with Gasteiger partial charge in [0.25, 0.3) is 0 Å². The van der Waals surface area contributed by atoms with Crippen LogP contribution in [0.4, 0.5) is 0 Å². The lowest BCUT2D eigenvalue weighted by Gasteiger charge is -2.21. The Morgan fingerprint density at radius 3 is 2.15 bits per heavy atom. The minimum Gasteiger partial charge on any atom is -0.493 e. The van der Waals surface area contributed by atoms with E-state index in [-0.39, 0.29) is 35.7 Å². The Balaban J connectivity index is 1.73. The summed E-state index contributed by atoms with van der Waals surface area (Å²) in [6.07, 6.45) is 3.47. The number of ether oxygens (including phenoxy) is 6. The molecule has 12 heteroatoms. The first-order valence-electron chi connectivity index (χ1n) is 13.5. The molecule has 0 aliphatic carbocycles. The number of aliphatic hydroxyl groups excluding tert-OH is 1. The number of aliphatic hydroxyl groups is 1. The predicted molar refractivity (Wildman–Crippen MR) is 151 cm³/mol. The van der Waals surface area contributed by atoms with Crippen LogP contribution < -0.4 is 23.7 Å². The third kappa shape index (κ3) is 7.06. The second-order valence-corrected chi connectivity index (χ2v) is 11.8. The first kappa shape index (κ1) is 30.5. The highest BCUT2D eigenvalue weighted by Gasteiger charge is 2.33. The summed E-state index contributed by atoms with van der Waals surface area (Å²) >= 11 is 0. The van der Waals surface area contributed by atoms with Gasteiger partial charge in [-0.15, -0.1) is 0 Å². The maximum Gasteiger partial charge on any atom is 0.203 e. The molecular weight excluding hydrogens is 552 g/mol. The number of sulfone groups is 1. The van der Waals surface area contributed by atoms with Gasteiger partial charge in [-0.3, -0.25) is 0 Å². The van der Waals surface area contributed by atoms with Crippen molar-refractivity contribution in [3.63, 3.8) is 0 Å². The number of H-pyrrole nitrogens is 1. The average Bonchev–Trinajstić information content (AvgIpc) is 3.66. The normalized spacial score (nSPS) is 17.7. The van der Waals surface area contributed by atoms with Crippen molar-refractivity contribution in [1.29, 1.82) is 0 Å². The number of nitrogens with zero attached hydrogens (tertiary/aromatic N) is 1. The Morgan fingerprint density at radius 1 is 0.976 bits per heavy atom. The highest BCUT2D eigenvalue weighted by molar-refractivity contribution is 7.91. The van der Waals surface area contributed by atoms with Crippen LogP contribution in [0.15, 0.2) is 41.6 Å². The van der Waals surface area contributed by atoms with Gasteiger partial charge in [0.15, 0.2) is 32.8 Å². The summed E-state index contributed by atoms with van der Waals surface area (Å²) in [6, 6.07) is 7.04. The van der Waals surface area contributed by atoms with Crippen molar-refractivity contribution in [2.45, 2.75) is 62.9 Å². The molecule has 0 amide bonds. The van der Waals surface area contributed by atoms with Crippen molar-refractivity contribution in [2.75, 3.05) is 33.7 Å². The van der Waals surface area contributed by atoms with Gasteiger partial charge in [0.2, 0.25) is 5.75 Å². The van der Waals surface area contributed by atoms with E-state index in [1.54, 1.807) is 45.9 Å². The lowest BCUT2D eigenvalue weighted by molar-refractivity contribution is 0.0434. The molecule has 3 aromatic rings. The highest BCUT2D eigenvalue weighted by Crippen LogP contribution is 2.48. The van der Waals surface area contributed by atoms with Crippen LogP contribution in [-0.2, 0) is 21.2 Å². The Morgan fingerprint density at radius 2 is 1.61 bits per heavy atom. The SMILES string of the molecule is CCCOc1c(OCc2ncc[nH]2)cc(C2CCC(c3cc(OC)c(OC)c(OC)c3)O2)cc1S(=O)(=O)CC(C)O. The number of aromatic nitrogens is 2. The quantitative estimate of drug-likeness (QED) is 0.275. The molecule has 1 saturated heterocycles. The van der Waals surface area contributed by atoms with Gasteiger partial charge < -0.3 is 38.5 Å². The van der Waals surface area contributed by atoms with E-state index in [0.29, 0.717) is 47.9 Å². The van der Waals surface area contributed by atoms with Crippen molar-refractivity contribution in [3.8, 4) is 28.7 Å². The first-order chi connectivity index (χ1) is 19.7. The number of aromatic amines is 1. The summed E-state index contributed by atoms with van der Waals surface area (Å²) in [5.74, 6) is 2.01. The lowest BCUT2D eigenvalue weighted by Crippen LogP contribution is -2.19. The van der Waals surface area contributed by atoms with Crippen molar-refractivity contribution >= 4 is 9.84 Å². The molecule has 0 saturated carbocycles. The molecule has 3 unspecified atom stereocenters. The summed E-state index contributed by atoms with van der Waals surface area (Å²) in [5.41, 5.74) is 1.48. The van der Waals surface area contributed by atoms with E-state index >= 15 is 0 Å². The zero-order valence-corrected chi connectivity index (χ0v) is 24.8. The molecule has 41 heavy (non-hydrogen) atoms. The largest absolute Gasteiger partial charge is 0.493 e. The summed E-state index contributed by atoms with van der Waals surface area (Å²) < 4.78 is 61.9. The average molecular weight is 591 g/mol. The molecule has 2 heterocycles. The van der Waals surface area contributed by atoms with E-state index in [0.717, 1.165) is 5.56 Å². The Hall–Kier alpha value is -3.48. The van der Waals surface area contributed by atoms with Crippen molar-refractivity contribution in [1.82, 2.24) is 9.97 Å². The molecular formula is C29H38N2O9S. The van der Waals surface area contributed by atoms with Crippen LogP contribution >= 0.6 is 0 Å². The third-order valence-corrected chi connectivity index (χ3v) is 8.55. The van der Waals surface area contributed by atoms with Crippen LogP contribution in [0.5, 0.6) is 28.7 Å². The monoisotopic (exact) mass is 590 g/mol. The lowest BCUT2D eigenvalue weighted by atomic mass is 10.0. The Kier molecular flexibility index (Phi) is 10.0. The minimum absolute atomic E-state index is 0.0429. The number of methoxy groups -OCH3 is 3. The topological polar surface area (TPSA) is 138 Å². The van der Waals surface area contributed by atoms with Gasteiger partial charge >= 0.3 is 0 Å². The summed E-state index contributed by atoms with van der Waals surface area (Å²) in [5, 5.41) is 9.96. The second-order valence-electron chi connectivity index (χ2n) is 9.80. The molecule has 224 valence electrons. The summed E-state index contributed by atoms with van der Waals surface area (Å²) in [4.78, 5) is 7.13. The predicted octanol–water partition coefficient (Wildman–Crippen LogP) is 4.55.